The van der Waals surface area contributed by atoms with Gasteiger partial charge in [0.1, 0.15) is 0 Å². The highest BCUT2D eigenvalue weighted by atomic mass is 16.2. The van der Waals surface area contributed by atoms with E-state index in [4.69, 9.17) is 0 Å². The fraction of sp³-hybridized carbons (Fsp3) is 0.889. The molecule has 1 saturated carbocycles. The molecule has 1 heterocycles. The summed E-state index contributed by atoms with van der Waals surface area (Å²) in [6.45, 7) is 3.07. The summed E-state index contributed by atoms with van der Waals surface area (Å²) >= 11 is 0. The van der Waals surface area contributed by atoms with Crippen LogP contribution in [0.1, 0.15) is 32.6 Å². The molecule has 3 nitrogen and oxygen atoms in total. The summed E-state index contributed by atoms with van der Waals surface area (Å²) in [7, 11) is 0. The molecule has 2 N–H and O–H groups in total. The lowest BCUT2D eigenvalue weighted by Crippen LogP contribution is -2.40. The third kappa shape index (κ3) is 1.17. The Balaban J connectivity index is 2.01. The van der Waals surface area contributed by atoms with Gasteiger partial charge in [-0.1, -0.05) is 13.3 Å². The molecule has 1 aliphatic carbocycles. The molecular formula is C9H16N2O. The molecule has 0 radical (unpaired) electrons. The van der Waals surface area contributed by atoms with E-state index in [-0.39, 0.29) is 11.6 Å². The minimum absolute atomic E-state index is 0.0201. The zero-order valence-electron chi connectivity index (χ0n) is 7.52. The molecule has 1 aliphatic heterocycles. The molecule has 0 bridgehead atoms. The summed E-state index contributed by atoms with van der Waals surface area (Å²) in [5, 5.41) is 5.89. The van der Waals surface area contributed by atoms with Gasteiger partial charge in [0.15, 0.2) is 0 Å². The number of rotatable bonds is 1. The van der Waals surface area contributed by atoms with E-state index in [1.807, 2.05) is 0 Å². The van der Waals surface area contributed by atoms with Gasteiger partial charge in [0, 0.05) is 6.54 Å². The van der Waals surface area contributed by atoms with Crippen LogP contribution in [0.25, 0.3) is 0 Å². The molecule has 1 spiro atoms. The van der Waals surface area contributed by atoms with Crippen LogP contribution in [-0.4, -0.2) is 18.1 Å². The van der Waals surface area contributed by atoms with Crippen molar-refractivity contribution in [1.29, 1.82) is 0 Å². The van der Waals surface area contributed by atoms with E-state index in [0.29, 0.717) is 0 Å². The lowest BCUT2D eigenvalue weighted by molar-refractivity contribution is 0.244. The second-order valence-electron chi connectivity index (χ2n) is 4.11. The van der Waals surface area contributed by atoms with Gasteiger partial charge in [0.05, 0.1) is 5.54 Å². The molecular weight excluding hydrogens is 152 g/mol. The summed E-state index contributed by atoms with van der Waals surface area (Å²) in [5.41, 5.74) is 0.123. The maximum Gasteiger partial charge on any atom is 0.315 e. The minimum atomic E-state index is 0.0201. The van der Waals surface area contributed by atoms with Gasteiger partial charge >= 0.3 is 6.03 Å². The van der Waals surface area contributed by atoms with Crippen molar-refractivity contribution in [3.05, 3.63) is 0 Å². The maximum absolute atomic E-state index is 11.0. The summed E-state index contributed by atoms with van der Waals surface area (Å²) in [4.78, 5) is 11.0. The number of urea groups is 1. The molecule has 2 unspecified atom stereocenters. The fourth-order valence-electron chi connectivity index (χ4n) is 2.44. The topological polar surface area (TPSA) is 41.1 Å². The van der Waals surface area contributed by atoms with Gasteiger partial charge in [-0.05, 0) is 25.2 Å². The first-order valence-corrected chi connectivity index (χ1v) is 4.80. The Bertz CT molecular complexity index is 205. The van der Waals surface area contributed by atoms with Crippen LogP contribution in [0.3, 0.4) is 0 Å². The Hall–Kier alpha value is -0.730. The van der Waals surface area contributed by atoms with E-state index < -0.39 is 0 Å². The van der Waals surface area contributed by atoms with Crippen LogP contribution >= 0.6 is 0 Å². The van der Waals surface area contributed by atoms with Gasteiger partial charge in [-0.2, -0.15) is 0 Å². The predicted molar refractivity (Wildman–Crippen MR) is 46.9 cm³/mol. The Morgan fingerprint density at radius 3 is 3.00 bits per heavy atom. The standard InChI is InChI=1S/C9H16N2O/c1-2-7-3-4-9(5-7)6-10-8(12)11-9/h7H,2-6H2,1H3,(H2,10,11,12). The number of carbonyl (C=O) groups excluding carboxylic acids is 1. The first-order chi connectivity index (χ1) is 5.74. The van der Waals surface area contributed by atoms with Gasteiger partial charge in [0.2, 0.25) is 0 Å². The largest absolute Gasteiger partial charge is 0.336 e. The van der Waals surface area contributed by atoms with Crippen molar-refractivity contribution in [3.8, 4) is 0 Å². The summed E-state index contributed by atoms with van der Waals surface area (Å²) in [6.07, 6.45) is 4.85. The van der Waals surface area contributed by atoms with Crippen LogP contribution in [0.2, 0.25) is 0 Å². The first kappa shape index (κ1) is 7.90. The molecule has 0 aromatic carbocycles. The molecule has 0 aromatic rings. The van der Waals surface area contributed by atoms with E-state index >= 15 is 0 Å². The lowest BCUT2D eigenvalue weighted by atomic mass is 9.96. The van der Waals surface area contributed by atoms with E-state index in [0.717, 1.165) is 18.9 Å². The molecule has 2 fully saturated rings. The Morgan fingerprint density at radius 1 is 1.67 bits per heavy atom. The Kier molecular flexibility index (Phi) is 1.74. The van der Waals surface area contributed by atoms with E-state index in [9.17, 15) is 4.79 Å². The zero-order valence-corrected chi connectivity index (χ0v) is 7.52. The van der Waals surface area contributed by atoms with Crippen LogP contribution < -0.4 is 10.6 Å². The van der Waals surface area contributed by atoms with Crippen molar-refractivity contribution >= 4 is 6.03 Å². The van der Waals surface area contributed by atoms with Gasteiger partial charge < -0.3 is 10.6 Å². The molecule has 68 valence electrons. The van der Waals surface area contributed by atoms with Crippen LogP contribution in [0.5, 0.6) is 0 Å². The SMILES string of the molecule is CCC1CCC2(CNC(=O)N2)C1. The third-order valence-corrected chi connectivity index (χ3v) is 3.25. The number of hydrogen-bond donors (Lipinski definition) is 2. The summed E-state index contributed by atoms with van der Waals surface area (Å²) < 4.78 is 0. The van der Waals surface area contributed by atoms with E-state index in [1.165, 1.54) is 19.3 Å². The summed E-state index contributed by atoms with van der Waals surface area (Å²) in [6, 6.07) is 0.0201. The van der Waals surface area contributed by atoms with Crippen LogP contribution in [0.4, 0.5) is 4.79 Å². The Labute approximate surface area is 72.9 Å². The number of nitrogens with one attached hydrogen (secondary N) is 2. The quantitative estimate of drug-likeness (QED) is 0.608. The van der Waals surface area contributed by atoms with Gasteiger partial charge in [-0.15, -0.1) is 0 Å². The third-order valence-electron chi connectivity index (χ3n) is 3.25. The number of carbonyl (C=O) groups is 1. The second-order valence-corrected chi connectivity index (χ2v) is 4.11. The van der Waals surface area contributed by atoms with E-state index in [1.54, 1.807) is 0 Å². The van der Waals surface area contributed by atoms with Gasteiger partial charge in [0.25, 0.3) is 0 Å². The molecule has 2 amide bonds. The normalized spacial score (nSPS) is 40.1. The van der Waals surface area contributed by atoms with Crippen molar-refractivity contribution in [3.63, 3.8) is 0 Å². The van der Waals surface area contributed by atoms with Crippen molar-refractivity contribution in [2.24, 2.45) is 5.92 Å². The average Bonchev–Trinajstić information content (AvgIpc) is 2.61. The molecule has 1 saturated heterocycles. The van der Waals surface area contributed by atoms with Crippen molar-refractivity contribution < 1.29 is 4.79 Å². The molecule has 2 aliphatic rings. The molecule has 12 heavy (non-hydrogen) atoms. The van der Waals surface area contributed by atoms with Crippen LogP contribution in [0, 0.1) is 5.92 Å². The number of hydrogen-bond acceptors (Lipinski definition) is 1. The van der Waals surface area contributed by atoms with Crippen LogP contribution in [0.15, 0.2) is 0 Å². The highest BCUT2D eigenvalue weighted by Crippen LogP contribution is 2.37. The second kappa shape index (κ2) is 2.64. The molecule has 2 rings (SSSR count). The minimum Gasteiger partial charge on any atom is -0.336 e. The molecule has 2 atom stereocenters. The van der Waals surface area contributed by atoms with Gasteiger partial charge in [-0.3, -0.25) is 0 Å². The van der Waals surface area contributed by atoms with Crippen molar-refractivity contribution in [2.75, 3.05) is 6.54 Å². The average molecular weight is 168 g/mol. The zero-order chi connectivity index (χ0) is 8.60. The molecule has 0 aromatic heterocycles. The maximum atomic E-state index is 11.0. The highest BCUT2D eigenvalue weighted by Gasteiger charge is 2.43. The summed E-state index contributed by atoms with van der Waals surface area (Å²) in [5.74, 6) is 0.824. The fourth-order valence-corrected chi connectivity index (χ4v) is 2.44. The lowest BCUT2D eigenvalue weighted by Gasteiger charge is -2.21. The number of amides is 2. The Morgan fingerprint density at radius 2 is 2.50 bits per heavy atom. The van der Waals surface area contributed by atoms with E-state index in [2.05, 4.69) is 17.6 Å². The van der Waals surface area contributed by atoms with Crippen molar-refractivity contribution in [2.45, 2.75) is 38.1 Å². The van der Waals surface area contributed by atoms with Crippen molar-refractivity contribution in [1.82, 2.24) is 10.6 Å². The predicted octanol–water partition coefficient (Wildman–Crippen LogP) is 1.25. The monoisotopic (exact) mass is 168 g/mol. The first-order valence-electron chi connectivity index (χ1n) is 4.80. The highest BCUT2D eigenvalue weighted by molar-refractivity contribution is 5.77. The smallest absolute Gasteiger partial charge is 0.315 e. The van der Waals surface area contributed by atoms with Crippen LogP contribution in [-0.2, 0) is 0 Å². The van der Waals surface area contributed by atoms with Gasteiger partial charge in [-0.25, -0.2) is 4.79 Å². The molecule has 3 heteroatoms.